The van der Waals surface area contributed by atoms with Gasteiger partial charge < -0.3 is 14.6 Å². The van der Waals surface area contributed by atoms with Gasteiger partial charge in [-0.2, -0.15) is 0 Å². The van der Waals surface area contributed by atoms with Gasteiger partial charge in [0.05, 0.1) is 0 Å². The number of fused-ring (bicyclic) bond motifs is 1. The van der Waals surface area contributed by atoms with E-state index in [0.29, 0.717) is 11.9 Å². The molecule has 4 rings (SSSR count). The molecule has 5 nitrogen and oxygen atoms in total. The van der Waals surface area contributed by atoms with Gasteiger partial charge in [-0.25, -0.2) is 0 Å². The van der Waals surface area contributed by atoms with Crippen LogP contribution in [0.5, 0.6) is 0 Å². The topological polar surface area (TPSA) is 54.2 Å². The quantitative estimate of drug-likeness (QED) is 0.893. The Morgan fingerprint density at radius 3 is 2.95 bits per heavy atom. The second kappa shape index (κ2) is 4.26. The van der Waals surface area contributed by atoms with Crippen molar-refractivity contribution in [2.75, 3.05) is 29.9 Å². The van der Waals surface area contributed by atoms with E-state index in [-0.39, 0.29) is 0 Å². The van der Waals surface area contributed by atoms with Crippen molar-refractivity contribution in [1.29, 1.82) is 0 Å². The third-order valence-corrected chi connectivity index (χ3v) is 3.85. The van der Waals surface area contributed by atoms with Gasteiger partial charge in [0.25, 0.3) is 0 Å². The van der Waals surface area contributed by atoms with Crippen molar-refractivity contribution >= 4 is 11.7 Å². The standard InChI is InChI=1S/C14H16N4O/c1-2-8-18(7-1)14-17-16-13(19-14)11-3-4-12-10(9-11)5-6-15-12/h3-4,9,15H,1-2,5-8H2. The van der Waals surface area contributed by atoms with E-state index in [2.05, 4.69) is 32.5 Å². The minimum absolute atomic E-state index is 0.622. The molecular formula is C14H16N4O. The lowest BCUT2D eigenvalue weighted by Crippen LogP contribution is -2.17. The monoisotopic (exact) mass is 256 g/mol. The molecule has 1 aromatic carbocycles. The van der Waals surface area contributed by atoms with Crippen LogP contribution in [0, 0.1) is 0 Å². The van der Waals surface area contributed by atoms with Crippen molar-refractivity contribution in [1.82, 2.24) is 10.2 Å². The third-order valence-electron chi connectivity index (χ3n) is 3.85. The molecule has 0 spiro atoms. The van der Waals surface area contributed by atoms with Crippen molar-refractivity contribution in [2.45, 2.75) is 19.3 Å². The van der Waals surface area contributed by atoms with Gasteiger partial charge in [-0.05, 0) is 43.0 Å². The molecule has 5 heteroatoms. The SMILES string of the molecule is c1cc2c(cc1-c1nnc(N3CCCC3)o1)CCN2. The lowest BCUT2D eigenvalue weighted by Gasteiger charge is -2.09. The zero-order chi connectivity index (χ0) is 12.7. The van der Waals surface area contributed by atoms with Crippen molar-refractivity contribution in [3.05, 3.63) is 23.8 Å². The molecule has 19 heavy (non-hydrogen) atoms. The predicted molar refractivity (Wildman–Crippen MR) is 73.4 cm³/mol. The maximum absolute atomic E-state index is 5.80. The first kappa shape index (κ1) is 10.8. The predicted octanol–water partition coefficient (Wildman–Crippen LogP) is 2.30. The van der Waals surface area contributed by atoms with Crippen LogP contribution >= 0.6 is 0 Å². The molecule has 0 aliphatic carbocycles. The summed E-state index contributed by atoms with van der Waals surface area (Å²) in [5.41, 5.74) is 3.57. The van der Waals surface area contributed by atoms with Gasteiger partial charge in [0, 0.05) is 30.9 Å². The maximum atomic E-state index is 5.80. The lowest BCUT2D eigenvalue weighted by atomic mass is 10.1. The molecule has 1 saturated heterocycles. The number of anilines is 2. The minimum atomic E-state index is 0.622. The van der Waals surface area contributed by atoms with E-state index in [9.17, 15) is 0 Å². The molecule has 1 fully saturated rings. The zero-order valence-corrected chi connectivity index (χ0v) is 10.7. The number of nitrogens with one attached hydrogen (secondary N) is 1. The molecule has 0 atom stereocenters. The number of benzene rings is 1. The Bertz CT molecular complexity index is 601. The first-order chi connectivity index (χ1) is 9.40. The molecule has 2 aromatic rings. The second-order valence-electron chi connectivity index (χ2n) is 5.13. The van der Waals surface area contributed by atoms with E-state index >= 15 is 0 Å². The van der Waals surface area contributed by atoms with Gasteiger partial charge in [-0.15, -0.1) is 5.10 Å². The Balaban J connectivity index is 1.65. The highest BCUT2D eigenvalue weighted by Crippen LogP contribution is 2.29. The zero-order valence-electron chi connectivity index (χ0n) is 10.7. The summed E-state index contributed by atoms with van der Waals surface area (Å²) in [6, 6.07) is 6.94. The number of nitrogens with zero attached hydrogens (tertiary/aromatic N) is 3. The highest BCUT2D eigenvalue weighted by molar-refractivity contribution is 5.65. The Kier molecular flexibility index (Phi) is 2.43. The minimum Gasteiger partial charge on any atom is -0.403 e. The van der Waals surface area contributed by atoms with Gasteiger partial charge in [0.2, 0.25) is 5.89 Å². The van der Waals surface area contributed by atoms with E-state index in [1.807, 2.05) is 6.07 Å². The summed E-state index contributed by atoms with van der Waals surface area (Å²) in [4.78, 5) is 2.16. The molecule has 0 bridgehead atoms. The normalized spacial score (nSPS) is 17.6. The van der Waals surface area contributed by atoms with Crippen molar-refractivity contribution in [3.8, 4) is 11.5 Å². The average Bonchev–Trinajstić information content (AvgIpc) is 3.18. The maximum Gasteiger partial charge on any atom is 0.318 e. The number of aromatic nitrogens is 2. The molecule has 0 saturated carbocycles. The lowest BCUT2D eigenvalue weighted by molar-refractivity contribution is 0.557. The van der Waals surface area contributed by atoms with Gasteiger partial charge >= 0.3 is 6.01 Å². The van der Waals surface area contributed by atoms with E-state index in [4.69, 9.17) is 4.42 Å². The summed E-state index contributed by atoms with van der Waals surface area (Å²) >= 11 is 0. The number of rotatable bonds is 2. The molecule has 0 unspecified atom stereocenters. The molecule has 98 valence electrons. The van der Waals surface area contributed by atoms with Gasteiger partial charge in [0.1, 0.15) is 0 Å². The van der Waals surface area contributed by atoms with Crippen molar-refractivity contribution < 1.29 is 4.42 Å². The van der Waals surface area contributed by atoms with Crippen LogP contribution in [0.2, 0.25) is 0 Å². The first-order valence-corrected chi connectivity index (χ1v) is 6.86. The van der Waals surface area contributed by atoms with Crippen LogP contribution in [-0.2, 0) is 6.42 Å². The van der Waals surface area contributed by atoms with E-state index in [1.165, 1.54) is 24.1 Å². The van der Waals surface area contributed by atoms with E-state index < -0.39 is 0 Å². The molecule has 2 aliphatic heterocycles. The summed E-state index contributed by atoms with van der Waals surface area (Å²) < 4.78 is 5.80. The fraction of sp³-hybridized carbons (Fsp3) is 0.429. The summed E-state index contributed by atoms with van der Waals surface area (Å²) in [6.45, 7) is 3.06. The molecule has 3 heterocycles. The highest BCUT2D eigenvalue weighted by atomic mass is 16.4. The highest BCUT2D eigenvalue weighted by Gasteiger charge is 2.19. The first-order valence-electron chi connectivity index (χ1n) is 6.86. The van der Waals surface area contributed by atoms with Crippen LogP contribution in [0.1, 0.15) is 18.4 Å². The fourth-order valence-electron chi connectivity index (χ4n) is 2.81. The summed E-state index contributed by atoms with van der Waals surface area (Å²) in [5, 5.41) is 11.7. The van der Waals surface area contributed by atoms with Crippen molar-refractivity contribution in [3.63, 3.8) is 0 Å². The smallest absolute Gasteiger partial charge is 0.318 e. The molecule has 1 N–H and O–H groups in total. The second-order valence-corrected chi connectivity index (χ2v) is 5.13. The summed E-state index contributed by atoms with van der Waals surface area (Å²) in [6.07, 6.45) is 3.49. The molecule has 2 aliphatic rings. The Labute approximate surface area is 111 Å². The molecule has 0 radical (unpaired) electrons. The average molecular weight is 256 g/mol. The van der Waals surface area contributed by atoms with Crippen LogP contribution in [0.4, 0.5) is 11.7 Å². The number of hydrogen-bond acceptors (Lipinski definition) is 5. The Morgan fingerprint density at radius 2 is 2.05 bits per heavy atom. The van der Waals surface area contributed by atoms with Gasteiger partial charge in [-0.1, -0.05) is 5.10 Å². The van der Waals surface area contributed by atoms with E-state index in [0.717, 1.165) is 31.6 Å². The Hall–Kier alpha value is -2.04. The molecule has 1 aromatic heterocycles. The van der Waals surface area contributed by atoms with Gasteiger partial charge in [0.15, 0.2) is 0 Å². The van der Waals surface area contributed by atoms with E-state index in [1.54, 1.807) is 0 Å². The van der Waals surface area contributed by atoms with Crippen LogP contribution < -0.4 is 10.2 Å². The summed E-state index contributed by atoms with van der Waals surface area (Å²) in [5.74, 6) is 0.622. The van der Waals surface area contributed by atoms with Gasteiger partial charge in [-0.3, -0.25) is 0 Å². The number of hydrogen-bond donors (Lipinski definition) is 1. The van der Waals surface area contributed by atoms with Crippen molar-refractivity contribution in [2.24, 2.45) is 0 Å². The summed E-state index contributed by atoms with van der Waals surface area (Å²) in [7, 11) is 0. The molecular weight excluding hydrogens is 240 g/mol. The van der Waals surface area contributed by atoms with Crippen LogP contribution in [-0.4, -0.2) is 29.8 Å². The van der Waals surface area contributed by atoms with Crippen LogP contribution in [0.15, 0.2) is 22.6 Å². The fourth-order valence-corrected chi connectivity index (χ4v) is 2.81. The molecule has 0 amide bonds. The Morgan fingerprint density at radius 1 is 1.16 bits per heavy atom. The largest absolute Gasteiger partial charge is 0.403 e. The third kappa shape index (κ3) is 1.85. The van der Waals surface area contributed by atoms with Crippen LogP contribution in [0.25, 0.3) is 11.5 Å². The van der Waals surface area contributed by atoms with Crippen LogP contribution in [0.3, 0.4) is 0 Å².